The summed E-state index contributed by atoms with van der Waals surface area (Å²) in [5.74, 6) is -0.0867. The van der Waals surface area contributed by atoms with Gasteiger partial charge in [0.15, 0.2) is 0 Å². The molecule has 0 unspecified atom stereocenters. The first-order valence-corrected chi connectivity index (χ1v) is 9.64. The Hall–Kier alpha value is -1.99. The molecular weight excluding hydrogens is 342 g/mol. The van der Waals surface area contributed by atoms with E-state index in [9.17, 15) is 9.59 Å². The molecule has 3 aromatic rings. The molecule has 0 fully saturated rings. The maximum atomic E-state index is 12.8. The van der Waals surface area contributed by atoms with Crippen molar-refractivity contribution in [2.45, 2.75) is 32.4 Å². The van der Waals surface area contributed by atoms with Gasteiger partial charge in [-0.05, 0) is 47.2 Å². The van der Waals surface area contributed by atoms with Crippen molar-refractivity contribution in [1.29, 1.82) is 0 Å². The average molecular weight is 359 g/mol. The summed E-state index contributed by atoms with van der Waals surface area (Å²) in [5, 5.41) is 4.74. The lowest BCUT2D eigenvalue weighted by Crippen LogP contribution is -2.33. The van der Waals surface area contributed by atoms with Crippen LogP contribution in [0.3, 0.4) is 0 Å². The highest BCUT2D eigenvalue weighted by Gasteiger charge is 2.22. The Morgan fingerprint density at radius 3 is 3.08 bits per heavy atom. The first-order chi connectivity index (χ1) is 11.6. The van der Waals surface area contributed by atoms with Crippen LogP contribution in [0.4, 0.5) is 0 Å². The Balaban J connectivity index is 1.59. The first kappa shape index (κ1) is 15.5. The summed E-state index contributed by atoms with van der Waals surface area (Å²) in [7, 11) is 1.76. The summed E-state index contributed by atoms with van der Waals surface area (Å²) < 4.78 is 1.44. The van der Waals surface area contributed by atoms with E-state index < -0.39 is 0 Å². The number of hydrogen-bond acceptors (Lipinski definition) is 5. The highest BCUT2D eigenvalue weighted by molar-refractivity contribution is 7.18. The second-order valence-electron chi connectivity index (χ2n) is 6.10. The molecule has 3 heterocycles. The second kappa shape index (κ2) is 6.14. The predicted molar refractivity (Wildman–Crippen MR) is 96.7 cm³/mol. The minimum Gasteiger partial charge on any atom is -0.340 e. The number of carbonyl (C=O) groups excluding carboxylic acids is 1. The SMILES string of the molecule is CN(Cc1ccsc1)C(=O)Cn1cnc2sc3c(c2c1=O)CCC3. The molecule has 4 rings (SSSR count). The van der Waals surface area contributed by atoms with Crippen molar-refractivity contribution in [2.24, 2.45) is 0 Å². The van der Waals surface area contributed by atoms with Crippen molar-refractivity contribution in [3.63, 3.8) is 0 Å². The van der Waals surface area contributed by atoms with E-state index in [4.69, 9.17) is 0 Å². The molecule has 1 aliphatic carbocycles. The number of hydrogen-bond donors (Lipinski definition) is 0. The van der Waals surface area contributed by atoms with Crippen LogP contribution >= 0.6 is 22.7 Å². The zero-order chi connectivity index (χ0) is 16.7. The Kier molecular flexibility index (Phi) is 3.97. The Morgan fingerprint density at radius 1 is 1.42 bits per heavy atom. The van der Waals surface area contributed by atoms with Crippen molar-refractivity contribution in [3.8, 4) is 0 Å². The highest BCUT2D eigenvalue weighted by atomic mass is 32.1. The second-order valence-corrected chi connectivity index (χ2v) is 7.96. The summed E-state index contributed by atoms with van der Waals surface area (Å²) in [4.78, 5) is 33.4. The number of fused-ring (bicyclic) bond motifs is 3. The molecule has 0 saturated heterocycles. The Labute approximate surface area is 147 Å². The molecule has 0 N–H and O–H groups in total. The van der Waals surface area contributed by atoms with Crippen molar-refractivity contribution >= 4 is 38.8 Å². The molecule has 0 radical (unpaired) electrons. The molecule has 0 atom stereocenters. The van der Waals surface area contributed by atoms with Gasteiger partial charge in [-0.15, -0.1) is 11.3 Å². The standard InChI is InChI=1S/C17H17N3O2S2/c1-19(7-11-5-6-23-9-11)14(21)8-20-10-18-16-15(17(20)22)12-3-2-4-13(12)24-16/h5-6,9-10H,2-4,7-8H2,1H3. The maximum Gasteiger partial charge on any atom is 0.262 e. The molecule has 0 bridgehead atoms. The topological polar surface area (TPSA) is 55.2 Å². The summed E-state index contributed by atoms with van der Waals surface area (Å²) in [5.41, 5.74) is 2.17. The van der Waals surface area contributed by atoms with Crippen molar-refractivity contribution in [2.75, 3.05) is 7.05 Å². The molecule has 24 heavy (non-hydrogen) atoms. The Morgan fingerprint density at radius 2 is 2.29 bits per heavy atom. The van der Waals surface area contributed by atoms with Crippen LogP contribution in [0.15, 0.2) is 27.9 Å². The van der Waals surface area contributed by atoms with E-state index in [2.05, 4.69) is 4.98 Å². The molecule has 1 aliphatic rings. The molecule has 3 aromatic heterocycles. The van der Waals surface area contributed by atoms with E-state index >= 15 is 0 Å². The van der Waals surface area contributed by atoms with E-state index in [-0.39, 0.29) is 18.0 Å². The fourth-order valence-corrected chi connectivity index (χ4v) is 5.02. The third kappa shape index (κ3) is 2.67. The zero-order valence-electron chi connectivity index (χ0n) is 13.3. The molecule has 124 valence electrons. The van der Waals surface area contributed by atoms with Crippen molar-refractivity contribution < 1.29 is 4.79 Å². The number of likely N-dealkylation sites (N-methyl/N-ethyl adjacent to an activating group) is 1. The van der Waals surface area contributed by atoms with Gasteiger partial charge in [0.1, 0.15) is 11.4 Å². The number of amides is 1. The number of nitrogens with zero attached hydrogens (tertiary/aromatic N) is 3. The average Bonchev–Trinajstić information content (AvgIpc) is 3.26. The van der Waals surface area contributed by atoms with Crippen LogP contribution in [-0.4, -0.2) is 27.4 Å². The Bertz CT molecular complexity index is 956. The van der Waals surface area contributed by atoms with Crippen LogP contribution in [0.25, 0.3) is 10.2 Å². The van der Waals surface area contributed by atoms with Gasteiger partial charge in [0.05, 0.1) is 11.7 Å². The van der Waals surface area contributed by atoms with Gasteiger partial charge in [-0.3, -0.25) is 14.2 Å². The smallest absolute Gasteiger partial charge is 0.262 e. The van der Waals surface area contributed by atoms with Crippen LogP contribution in [0.2, 0.25) is 0 Å². The first-order valence-electron chi connectivity index (χ1n) is 7.88. The third-order valence-corrected chi connectivity index (χ3v) is 6.35. The van der Waals surface area contributed by atoms with Gasteiger partial charge in [0.2, 0.25) is 5.91 Å². The van der Waals surface area contributed by atoms with E-state index in [1.807, 2.05) is 16.8 Å². The van der Waals surface area contributed by atoms with E-state index in [0.29, 0.717) is 6.54 Å². The number of aryl methyl sites for hydroxylation is 2. The number of thiophene rings is 2. The largest absolute Gasteiger partial charge is 0.340 e. The van der Waals surface area contributed by atoms with E-state index in [1.165, 1.54) is 15.8 Å². The summed E-state index contributed by atoms with van der Waals surface area (Å²) in [6.45, 7) is 0.591. The van der Waals surface area contributed by atoms with Gasteiger partial charge >= 0.3 is 0 Å². The van der Waals surface area contributed by atoms with Crippen LogP contribution in [0, 0.1) is 0 Å². The van der Waals surface area contributed by atoms with Crippen molar-refractivity contribution in [1.82, 2.24) is 14.5 Å². The number of aromatic nitrogens is 2. The third-order valence-electron chi connectivity index (χ3n) is 4.42. The molecule has 0 aromatic carbocycles. The minimum atomic E-state index is -0.0867. The van der Waals surface area contributed by atoms with Crippen molar-refractivity contribution in [3.05, 3.63) is 49.5 Å². The van der Waals surface area contributed by atoms with E-state index in [0.717, 1.165) is 40.6 Å². The summed E-state index contributed by atoms with van der Waals surface area (Å²) in [6, 6.07) is 2.00. The quantitative estimate of drug-likeness (QED) is 0.720. The monoisotopic (exact) mass is 359 g/mol. The fraction of sp³-hybridized carbons (Fsp3) is 0.353. The van der Waals surface area contributed by atoms with Crippen LogP contribution in [0.5, 0.6) is 0 Å². The molecule has 7 heteroatoms. The highest BCUT2D eigenvalue weighted by Crippen LogP contribution is 2.34. The minimum absolute atomic E-state index is 0.0348. The predicted octanol–water partition coefficient (Wildman–Crippen LogP) is 2.67. The maximum absolute atomic E-state index is 12.8. The molecule has 5 nitrogen and oxygen atoms in total. The molecule has 0 aliphatic heterocycles. The van der Waals surface area contributed by atoms with Crippen LogP contribution < -0.4 is 5.56 Å². The lowest BCUT2D eigenvalue weighted by molar-refractivity contribution is -0.131. The number of carbonyl (C=O) groups is 1. The molecule has 0 spiro atoms. The van der Waals surface area contributed by atoms with Gasteiger partial charge in [-0.2, -0.15) is 11.3 Å². The van der Waals surface area contributed by atoms with Crippen LogP contribution in [-0.2, 0) is 30.7 Å². The lowest BCUT2D eigenvalue weighted by Gasteiger charge is -2.17. The van der Waals surface area contributed by atoms with Gasteiger partial charge < -0.3 is 4.90 Å². The summed E-state index contributed by atoms with van der Waals surface area (Å²) in [6.07, 6.45) is 4.60. The molecule has 1 amide bonds. The lowest BCUT2D eigenvalue weighted by atomic mass is 10.2. The zero-order valence-corrected chi connectivity index (χ0v) is 15.0. The van der Waals surface area contributed by atoms with Gasteiger partial charge in [-0.1, -0.05) is 0 Å². The normalized spacial score (nSPS) is 13.4. The van der Waals surface area contributed by atoms with Gasteiger partial charge in [0.25, 0.3) is 5.56 Å². The van der Waals surface area contributed by atoms with Crippen LogP contribution in [0.1, 0.15) is 22.4 Å². The molecular formula is C17H17N3O2S2. The summed E-state index contributed by atoms with van der Waals surface area (Å²) >= 11 is 3.23. The van der Waals surface area contributed by atoms with Gasteiger partial charge in [-0.25, -0.2) is 4.98 Å². The van der Waals surface area contributed by atoms with Gasteiger partial charge in [0, 0.05) is 18.5 Å². The molecule has 0 saturated carbocycles. The fourth-order valence-electron chi connectivity index (χ4n) is 3.14. The number of rotatable bonds is 4. The van der Waals surface area contributed by atoms with E-state index in [1.54, 1.807) is 34.6 Å².